The fourth-order valence-corrected chi connectivity index (χ4v) is 1.82. The summed E-state index contributed by atoms with van der Waals surface area (Å²) in [5.41, 5.74) is 0.123. The lowest BCUT2D eigenvalue weighted by Crippen LogP contribution is -2.28. The van der Waals surface area contributed by atoms with E-state index in [0.717, 1.165) is 0 Å². The molecule has 0 fully saturated rings. The van der Waals surface area contributed by atoms with Gasteiger partial charge in [-0.3, -0.25) is 14.9 Å². The quantitative estimate of drug-likeness (QED) is 0.511. The van der Waals surface area contributed by atoms with Gasteiger partial charge in [-0.25, -0.2) is 0 Å². The molecule has 1 N–H and O–H groups in total. The first-order valence-electron chi connectivity index (χ1n) is 5.23. The molecule has 0 aromatic heterocycles. The molecule has 0 radical (unpaired) electrons. The van der Waals surface area contributed by atoms with Crippen molar-refractivity contribution in [3.8, 4) is 0 Å². The third kappa shape index (κ3) is 4.27. The van der Waals surface area contributed by atoms with Crippen molar-refractivity contribution in [3.63, 3.8) is 0 Å². The summed E-state index contributed by atoms with van der Waals surface area (Å²) >= 11 is 8.76. The minimum absolute atomic E-state index is 0.125. The van der Waals surface area contributed by atoms with Gasteiger partial charge in [0.1, 0.15) is 0 Å². The number of hydrogen-bond donors (Lipinski definition) is 1. The van der Waals surface area contributed by atoms with Crippen LogP contribution >= 0.6 is 27.5 Å². The number of nitrogens with zero attached hydrogens (tertiary/aromatic N) is 1. The minimum Gasteiger partial charge on any atom is -0.352 e. The van der Waals surface area contributed by atoms with E-state index in [1.54, 1.807) is 0 Å². The largest absolute Gasteiger partial charge is 0.352 e. The van der Waals surface area contributed by atoms with Crippen LogP contribution in [-0.4, -0.2) is 23.3 Å². The van der Waals surface area contributed by atoms with Crippen LogP contribution in [-0.2, 0) is 0 Å². The average molecular weight is 336 g/mol. The third-order valence-corrected chi connectivity index (χ3v) is 3.21. The lowest BCUT2D eigenvalue weighted by Gasteiger charge is -2.09. The first-order chi connectivity index (χ1) is 8.43. The van der Waals surface area contributed by atoms with Gasteiger partial charge in [0.15, 0.2) is 0 Å². The molecule has 1 atom stereocenters. The maximum atomic E-state index is 11.8. The summed E-state index contributed by atoms with van der Waals surface area (Å²) in [5, 5.41) is 13.4. The van der Waals surface area contributed by atoms with Crippen molar-refractivity contribution in [1.29, 1.82) is 0 Å². The van der Waals surface area contributed by atoms with E-state index in [9.17, 15) is 14.9 Å². The Labute approximate surface area is 118 Å². The van der Waals surface area contributed by atoms with Crippen LogP contribution in [0.1, 0.15) is 17.3 Å². The van der Waals surface area contributed by atoms with Gasteiger partial charge in [0.25, 0.3) is 11.6 Å². The van der Waals surface area contributed by atoms with Gasteiger partial charge >= 0.3 is 0 Å². The maximum absolute atomic E-state index is 11.8. The molecule has 7 heteroatoms. The molecular formula is C11H12BrClN2O3. The summed E-state index contributed by atoms with van der Waals surface area (Å²) in [5.74, 6) is 0.243. The second-order valence-corrected chi connectivity index (χ2v) is 5.15. The van der Waals surface area contributed by atoms with Crippen LogP contribution in [0.15, 0.2) is 22.7 Å². The molecule has 98 valence electrons. The van der Waals surface area contributed by atoms with Crippen molar-refractivity contribution in [3.05, 3.63) is 38.3 Å². The van der Waals surface area contributed by atoms with Crippen LogP contribution in [0.5, 0.6) is 0 Å². The Hall–Kier alpha value is -1.14. The molecule has 1 amide bonds. The second kappa shape index (κ2) is 6.70. The highest BCUT2D eigenvalue weighted by molar-refractivity contribution is 9.10. The zero-order valence-corrected chi connectivity index (χ0v) is 12.0. The number of halogens is 2. The van der Waals surface area contributed by atoms with Crippen LogP contribution in [0.4, 0.5) is 5.69 Å². The molecule has 1 aromatic rings. The Morgan fingerprint density at radius 1 is 1.56 bits per heavy atom. The number of nitrogens with one attached hydrogen (secondary N) is 1. The fourth-order valence-electron chi connectivity index (χ4n) is 1.23. The van der Waals surface area contributed by atoms with Crippen LogP contribution < -0.4 is 5.32 Å². The van der Waals surface area contributed by atoms with Crippen molar-refractivity contribution in [2.45, 2.75) is 6.92 Å². The summed E-state index contributed by atoms with van der Waals surface area (Å²) in [6.07, 6.45) is 0. The standard InChI is InChI=1S/C11H12BrClN2O3/c1-7(5-13)6-14-11(16)8-2-9(12)4-10(3-8)15(17)18/h2-4,7H,5-6H2,1H3,(H,14,16). The molecule has 0 saturated carbocycles. The van der Waals surface area contributed by atoms with Crippen LogP contribution in [0, 0.1) is 16.0 Å². The molecule has 0 spiro atoms. The predicted molar refractivity (Wildman–Crippen MR) is 73.0 cm³/mol. The summed E-state index contributed by atoms with van der Waals surface area (Å²) in [4.78, 5) is 21.9. The molecule has 1 rings (SSSR count). The van der Waals surface area contributed by atoms with Gasteiger partial charge in [-0.2, -0.15) is 0 Å². The summed E-state index contributed by atoms with van der Waals surface area (Å²) < 4.78 is 0.493. The number of nitro groups is 1. The van der Waals surface area contributed by atoms with E-state index in [4.69, 9.17) is 11.6 Å². The number of non-ortho nitro benzene ring substituents is 1. The topological polar surface area (TPSA) is 72.2 Å². The molecule has 0 saturated heterocycles. The zero-order valence-electron chi connectivity index (χ0n) is 9.65. The number of amides is 1. The number of rotatable bonds is 5. The summed E-state index contributed by atoms with van der Waals surface area (Å²) in [6.45, 7) is 2.33. The van der Waals surface area contributed by atoms with Crippen molar-refractivity contribution in [1.82, 2.24) is 5.32 Å². The van der Waals surface area contributed by atoms with E-state index >= 15 is 0 Å². The van der Waals surface area contributed by atoms with Gasteiger partial charge in [-0.05, 0) is 12.0 Å². The SMILES string of the molecule is CC(CCl)CNC(=O)c1cc(Br)cc([N+](=O)[O-])c1. The van der Waals surface area contributed by atoms with E-state index in [1.165, 1.54) is 18.2 Å². The van der Waals surface area contributed by atoms with Gasteiger partial charge in [-0.1, -0.05) is 22.9 Å². The van der Waals surface area contributed by atoms with Crippen molar-refractivity contribution >= 4 is 39.1 Å². The molecule has 1 unspecified atom stereocenters. The lowest BCUT2D eigenvalue weighted by atomic mass is 10.1. The second-order valence-electron chi connectivity index (χ2n) is 3.92. The van der Waals surface area contributed by atoms with E-state index in [2.05, 4.69) is 21.2 Å². The van der Waals surface area contributed by atoms with E-state index < -0.39 is 4.92 Å². The van der Waals surface area contributed by atoms with Crippen LogP contribution in [0.25, 0.3) is 0 Å². The molecule has 0 heterocycles. The number of carbonyl (C=O) groups excluding carboxylic acids is 1. The van der Waals surface area contributed by atoms with Gasteiger partial charge in [0.05, 0.1) is 4.92 Å². The number of benzene rings is 1. The Balaban J connectivity index is 2.82. The number of alkyl halides is 1. The van der Waals surface area contributed by atoms with Gasteiger partial charge in [-0.15, -0.1) is 11.6 Å². The molecule has 0 aliphatic rings. The smallest absolute Gasteiger partial charge is 0.271 e. The first kappa shape index (κ1) is 14.9. The summed E-state index contributed by atoms with van der Waals surface area (Å²) in [7, 11) is 0. The number of hydrogen-bond acceptors (Lipinski definition) is 3. The van der Waals surface area contributed by atoms with Gasteiger partial charge < -0.3 is 5.32 Å². The first-order valence-corrected chi connectivity index (χ1v) is 6.56. The lowest BCUT2D eigenvalue weighted by molar-refractivity contribution is -0.385. The van der Waals surface area contributed by atoms with Crippen LogP contribution in [0.2, 0.25) is 0 Å². The van der Waals surface area contributed by atoms with E-state index in [-0.39, 0.29) is 23.1 Å². The zero-order chi connectivity index (χ0) is 13.7. The highest BCUT2D eigenvalue weighted by Crippen LogP contribution is 2.21. The predicted octanol–water partition coefficient (Wildman–Crippen LogP) is 2.96. The van der Waals surface area contributed by atoms with Gasteiger partial charge in [0.2, 0.25) is 0 Å². The molecule has 1 aromatic carbocycles. The highest BCUT2D eigenvalue weighted by Gasteiger charge is 2.14. The van der Waals surface area contributed by atoms with Gasteiger partial charge in [0, 0.05) is 34.6 Å². The van der Waals surface area contributed by atoms with E-state index in [1.807, 2.05) is 6.92 Å². The molecular weight excluding hydrogens is 323 g/mol. The van der Waals surface area contributed by atoms with E-state index in [0.29, 0.717) is 16.9 Å². The third-order valence-electron chi connectivity index (χ3n) is 2.23. The van der Waals surface area contributed by atoms with Crippen LogP contribution in [0.3, 0.4) is 0 Å². The number of carbonyl (C=O) groups is 1. The Kier molecular flexibility index (Phi) is 5.55. The normalized spacial score (nSPS) is 11.9. The van der Waals surface area contributed by atoms with Crippen molar-refractivity contribution in [2.75, 3.05) is 12.4 Å². The average Bonchev–Trinajstić information content (AvgIpc) is 2.34. The molecule has 0 aliphatic heterocycles. The van der Waals surface area contributed by atoms with Crippen molar-refractivity contribution in [2.24, 2.45) is 5.92 Å². The maximum Gasteiger partial charge on any atom is 0.271 e. The monoisotopic (exact) mass is 334 g/mol. The Morgan fingerprint density at radius 3 is 2.78 bits per heavy atom. The number of nitro benzene ring substituents is 1. The fraction of sp³-hybridized carbons (Fsp3) is 0.364. The molecule has 5 nitrogen and oxygen atoms in total. The highest BCUT2D eigenvalue weighted by atomic mass is 79.9. The Bertz CT molecular complexity index is 468. The molecule has 18 heavy (non-hydrogen) atoms. The Morgan fingerprint density at radius 2 is 2.22 bits per heavy atom. The minimum atomic E-state index is -0.539. The molecule has 0 aliphatic carbocycles. The summed E-state index contributed by atoms with van der Waals surface area (Å²) in [6, 6.07) is 4.12. The van der Waals surface area contributed by atoms with Crippen molar-refractivity contribution < 1.29 is 9.72 Å². The molecule has 0 bridgehead atoms.